The number of ether oxygens (including phenoxy) is 1. The Bertz CT molecular complexity index is 1240. The van der Waals surface area contributed by atoms with Crippen LogP contribution in [0.2, 0.25) is 0 Å². The van der Waals surface area contributed by atoms with Crippen LogP contribution < -0.4 is 20.3 Å². The van der Waals surface area contributed by atoms with Crippen molar-refractivity contribution in [3.63, 3.8) is 0 Å². The van der Waals surface area contributed by atoms with E-state index in [1.54, 1.807) is 13.0 Å². The van der Waals surface area contributed by atoms with E-state index in [9.17, 15) is 18.0 Å². The summed E-state index contributed by atoms with van der Waals surface area (Å²) in [6, 6.07) is 18.6. The van der Waals surface area contributed by atoms with Gasteiger partial charge in [-0.25, -0.2) is 13.1 Å². The lowest BCUT2D eigenvalue weighted by molar-refractivity contribution is -0.128. The van der Waals surface area contributed by atoms with E-state index in [0.29, 0.717) is 5.75 Å². The molecule has 0 aromatic heterocycles. The fourth-order valence-corrected chi connectivity index (χ4v) is 3.83. The molecule has 0 heterocycles. The van der Waals surface area contributed by atoms with E-state index in [1.165, 1.54) is 30.3 Å². The topological polar surface area (TPSA) is 114 Å². The predicted molar refractivity (Wildman–Crippen MR) is 121 cm³/mol. The lowest BCUT2D eigenvalue weighted by Gasteiger charge is -2.15. The van der Waals surface area contributed by atoms with Gasteiger partial charge in [0.1, 0.15) is 5.75 Å². The molecule has 0 saturated heterocycles. The van der Waals surface area contributed by atoms with Gasteiger partial charge in [0.25, 0.3) is 11.8 Å². The van der Waals surface area contributed by atoms with E-state index < -0.39 is 27.9 Å². The first-order valence-corrected chi connectivity index (χ1v) is 11.2. The summed E-state index contributed by atoms with van der Waals surface area (Å²) in [4.78, 5) is 24.6. The number of hydrazine groups is 1. The smallest absolute Gasteiger partial charge is 0.279 e. The van der Waals surface area contributed by atoms with Crippen LogP contribution in [0.5, 0.6) is 5.75 Å². The van der Waals surface area contributed by atoms with Crippen molar-refractivity contribution in [1.29, 1.82) is 0 Å². The normalized spacial score (nSPS) is 12.0. The Hall–Kier alpha value is -3.69. The zero-order chi connectivity index (χ0) is 23.1. The van der Waals surface area contributed by atoms with Gasteiger partial charge in [0, 0.05) is 12.1 Å². The van der Waals surface area contributed by atoms with Crippen LogP contribution in [-0.4, -0.2) is 32.9 Å². The summed E-state index contributed by atoms with van der Waals surface area (Å²) in [5.41, 5.74) is 4.77. The van der Waals surface area contributed by atoms with Gasteiger partial charge < -0.3 is 4.74 Å². The SMILES string of the molecule is C=CCNS(=O)(=O)c1ccc(C(=O)NNC(=O)C(C)Oc2ccc3ccccc3c2)cc1. The molecule has 1 unspecified atom stereocenters. The standard InChI is InChI=1S/C23H23N3O5S/c1-3-14-24-32(29,30)21-12-9-18(10-13-21)23(28)26-25-22(27)16(2)31-20-11-8-17-6-4-5-7-19(17)15-20/h3-13,15-16,24H,1,14H2,2H3,(H,25,27)(H,26,28). The fourth-order valence-electron chi connectivity index (χ4n) is 2.83. The zero-order valence-electron chi connectivity index (χ0n) is 17.4. The average Bonchev–Trinajstić information content (AvgIpc) is 2.81. The third kappa shape index (κ3) is 5.71. The Morgan fingerprint density at radius 2 is 1.69 bits per heavy atom. The third-order valence-electron chi connectivity index (χ3n) is 4.55. The number of carbonyl (C=O) groups is 2. The molecule has 0 spiro atoms. The fraction of sp³-hybridized carbons (Fsp3) is 0.130. The van der Waals surface area contributed by atoms with Crippen molar-refractivity contribution >= 4 is 32.6 Å². The Labute approximate surface area is 186 Å². The molecular weight excluding hydrogens is 430 g/mol. The van der Waals surface area contributed by atoms with Crippen molar-refractivity contribution in [3.05, 3.63) is 84.9 Å². The van der Waals surface area contributed by atoms with Crippen LogP contribution >= 0.6 is 0 Å². The zero-order valence-corrected chi connectivity index (χ0v) is 18.2. The summed E-state index contributed by atoms with van der Waals surface area (Å²) >= 11 is 0. The summed E-state index contributed by atoms with van der Waals surface area (Å²) < 4.78 is 32.1. The first-order chi connectivity index (χ1) is 15.3. The molecule has 3 aromatic rings. The summed E-state index contributed by atoms with van der Waals surface area (Å²) in [5, 5.41) is 2.04. The molecule has 8 nitrogen and oxygen atoms in total. The molecule has 0 bridgehead atoms. The Balaban J connectivity index is 1.55. The number of hydrogen-bond acceptors (Lipinski definition) is 5. The Kier molecular flexibility index (Phi) is 7.24. The molecule has 9 heteroatoms. The molecule has 3 rings (SSSR count). The summed E-state index contributed by atoms with van der Waals surface area (Å²) in [7, 11) is -3.68. The molecule has 0 aliphatic rings. The molecule has 32 heavy (non-hydrogen) atoms. The van der Waals surface area contributed by atoms with Gasteiger partial charge in [0.2, 0.25) is 10.0 Å². The highest BCUT2D eigenvalue weighted by molar-refractivity contribution is 7.89. The van der Waals surface area contributed by atoms with Gasteiger partial charge in [0.05, 0.1) is 4.90 Å². The van der Waals surface area contributed by atoms with Crippen molar-refractivity contribution in [1.82, 2.24) is 15.6 Å². The van der Waals surface area contributed by atoms with Crippen LogP contribution in [0.15, 0.2) is 84.3 Å². The van der Waals surface area contributed by atoms with Crippen molar-refractivity contribution < 1.29 is 22.7 Å². The largest absolute Gasteiger partial charge is 0.481 e. The predicted octanol–water partition coefficient (Wildman–Crippen LogP) is 2.53. The second kappa shape index (κ2) is 10.1. The van der Waals surface area contributed by atoms with Gasteiger partial charge in [-0.1, -0.05) is 36.4 Å². The molecule has 166 valence electrons. The number of benzene rings is 3. The van der Waals surface area contributed by atoms with Crippen molar-refractivity contribution in [2.45, 2.75) is 17.9 Å². The average molecular weight is 454 g/mol. The van der Waals surface area contributed by atoms with Crippen LogP contribution in [0.3, 0.4) is 0 Å². The summed E-state index contributed by atoms with van der Waals surface area (Å²) in [6.45, 7) is 5.11. The minimum atomic E-state index is -3.68. The van der Waals surface area contributed by atoms with Gasteiger partial charge >= 0.3 is 0 Å². The van der Waals surface area contributed by atoms with E-state index >= 15 is 0 Å². The molecule has 0 radical (unpaired) electrons. The molecule has 0 aliphatic heterocycles. The number of sulfonamides is 1. The van der Waals surface area contributed by atoms with Crippen molar-refractivity contribution in [2.75, 3.05) is 6.54 Å². The van der Waals surface area contributed by atoms with Crippen LogP contribution in [0, 0.1) is 0 Å². The van der Waals surface area contributed by atoms with Crippen LogP contribution in [0.1, 0.15) is 17.3 Å². The van der Waals surface area contributed by atoms with Gasteiger partial charge in [-0.2, -0.15) is 0 Å². The van der Waals surface area contributed by atoms with Gasteiger partial charge in [-0.05, 0) is 54.1 Å². The Morgan fingerprint density at radius 3 is 2.38 bits per heavy atom. The minimum absolute atomic E-state index is 0.0114. The molecule has 1 atom stereocenters. The molecular formula is C23H23N3O5S. The highest BCUT2D eigenvalue weighted by Gasteiger charge is 2.17. The number of fused-ring (bicyclic) bond motifs is 1. The molecule has 0 fully saturated rings. The highest BCUT2D eigenvalue weighted by Crippen LogP contribution is 2.21. The van der Waals surface area contributed by atoms with E-state index in [0.717, 1.165) is 10.8 Å². The van der Waals surface area contributed by atoms with Crippen LogP contribution in [0.4, 0.5) is 0 Å². The van der Waals surface area contributed by atoms with Gasteiger partial charge in [0.15, 0.2) is 6.10 Å². The van der Waals surface area contributed by atoms with Crippen LogP contribution in [0.25, 0.3) is 10.8 Å². The maximum atomic E-state index is 12.3. The van der Waals surface area contributed by atoms with E-state index in [4.69, 9.17) is 4.74 Å². The summed E-state index contributed by atoms with van der Waals surface area (Å²) in [5.74, 6) is -0.613. The van der Waals surface area contributed by atoms with Crippen LogP contribution in [-0.2, 0) is 14.8 Å². The molecule has 2 amide bonds. The lowest BCUT2D eigenvalue weighted by Crippen LogP contribution is -2.47. The van der Waals surface area contributed by atoms with Crippen molar-refractivity contribution in [3.8, 4) is 5.75 Å². The Morgan fingerprint density at radius 1 is 1.00 bits per heavy atom. The second-order valence-electron chi connectivity index (χ2n) is 6.88. The molecule has 3 N–H and O–H groups in total. The highest BCUT2D eigenvalue weighted by atomic mass is 32.2. The first-order valence-electron chi connectivity index (χ1n) is 9.76. The number of carbonyl (C=O) groups excluding carboxylic acids is 2. The number of nitrogens with one attached hydrogen (secondary N) is 3. The summed E-state index contributed by atoms with van der Waals surface area (Å²) in [6.07, 6.45) is 0.562. The molecule has 0 aliphatic carbocycles. The minimum Gasteiger partial charge on any atom is -0.481 e. The van der Waals surface area contributed by atoms with E-state index in [2.05, 4.69) is 22.2 Å². The number of rotatable bonds is 8. The van der Waals surface area contributed by atoms with Crippen molar-refractivity contribution in [2.24, 2.45) is 0 Å². The van der Waals surface area contributed by atoms with E-state index in [-0.39, 0.29) is 17.0 Å². The third-order valence-corrected chi connectivity index (χ3v) is 5.99. The number of hydrogen-bond donors (Lipinski definition) is 3. The second-order valence-corrected chi connectivity index (χ2v) is 8.64. The lowest BCUT2D eigenvalue weighted by atomic mass is 10.1. The number of amides is 2. The monoisotopic (exact) mass is 453 g/mol. The quantitative estimate of drug-likeness (QED) is 0.358. The van der Waals surface area contributed by atoms with Gasteiger partial charge in [-0.15, -0.1) is 6.58 Å². The maximum Gasteiger partial charge on any atom is 0.279 e. The molecule has 0 saturated carbocycles. The van der Waals surface area contributed by atoms with E-state index in [1.807, 2.05) is 36.4 Å². The first kappa shape index (κ1) is 23.0. The van der Waals surface area contributed by atoms with Gasteiger partial charge in [-0.3, -0.25) is 20.4 Å². The maximum absolute atomic E-state index is 12.3. The molecule has 3 aromatic carbocycles.